The lowest BCUT2D eigenvalue weighted by molar-refractivity contribution is 0.226. The summed E-state index contributed by atoms with van der Waals surface area (Å²) >= 11 is 0. The van der Waals surface area contributed by atoms with Crippen LogP contribution >= 0.6 is 0 Å². The van der Waals surface area contributed by atoms with Crippen LogP contribution in [-0.2, 0) is 0 Å². The summed E-state index contributed by atoms with van der Waals surface area (Å²) in [5.41, 5.74) is 1.30. The predicted octanol–water partition coefficient (Wildman–Crippen LogP) is 3.73. The van der Waals surface area contributed by atoms with E-state index < -0.39 is 0 Å². The van der Waals surface area contributed by atoms with Crippen molar-refractivity contribution in [2.45, 2.75) is 44.4 Å². The van der Waals surface area contributed by atoms with Crippen molar-refractivity contribution in [2.24, 2.45) is 5.92 Å². The molecule has 1 unspecified atom stereocenters. The van der Waals surface area contributed by atoms with Crippen LogP contribution in [0.5, 0.6) is 0 Å². The molecule has 0 spiro atoms. The number of aliphatic hydroxyl groups is 1. The van der Waals surface area contributed by atoms with Crippen LogP contribution in [0.2, 0.25) is 0 Å². The van der Waals surface area contributed by atoms with Crippen LogP contribution in [0.3, 0.4) is 0 Å². The van der Waals surface area contributed by atoms with E-state index in [1.54, 1.807) is 0 Å². The molecule has 1 aromatic carbocycles. The van der Waals surface area contributed by atoms with Crippen molar-refractivity contribution in [2.75, 3.05) is 6.61 Å². The van der Waals surface area contributed by atoms with Gasteiger partial charge in [0.05, 0.1) is 0 Å². The monoisotopic (exact) mass is 218 g/mol. The van der Waals surface area contributed by atoms with E-state index in [4.69, 9.17) is 0 Å². The second kappa shape index (κ2) is 6.05. The van der Waals surface area contributed by atoms with Crippen LogP contribution in [0.25, 0.3) is 0 Å². The van der Waals surface area contributed by atoms with E-state index in [0.29, 0.717) is 12.5 Å². The standard InChI is InChI=1S/C15H22O/c16-12-15(14-9-5-2-6-10-14)11-13-7-3-1-4-8-13/h2,5-6,9-10,13,15-16H,1,3-4,7-8,11-12H2. The van der Waals surface area contributed by atoms with Crippen LogP contribution < -0.4 is 0 Å². The van der Waals surface area contributed by atoms with Gasteiger partial charge in [-0.25, -0.2) is 0 Å². The van der Waals surface area contributed by atoms with Crippen molar-refractivity contribution in [1.82, 2.24) is 0 Å². The fraction of sp³-hybridized carbons (Fsp3) is 0.600. The third-order valence-corrected chi connectivity index (χ3v) is 3.83. The van der Waals surface area contributed by atoms with Gasteiger partial charge in [0.1, 0.15) is 0 Å². The van der Waals surface area contributed by atoms with E-state index in [-0.39, 0.29) is 0 Å². The van der Waals surface area contributed by atoms with E-state index in [2.05, 4.69) is 24.3 Å². The van der Waals surface area contributed by atoms with Crippen molar-refractivity contribution < 1.29 is 5.11 Å². The minimum Gasteiger partial charge on any atom is -0.396 e. The van der Waals surface area contributed by atoms with Gasteiger partial charge in [0.25, 0.3) is 0 Å². The molecule has 1 N–H and O–H groups in total. The topological polar surface area (TPSA) is 20.2 Å². The molecular formula is C15H22O. The predicted molar refractivity (Wildman–Crippen MR) is 67.5 cm³/mol. The minimum absolute atomic E-state index is 0.292. The van der Waals surface area contributed by atoms with Crippen molar-refractivity contribution in [3.63, 3.8) is 0 Å². The average molecular weight is 218 g/mol. The highest BCUT2D eigenvalue weighted by Gasteiger charge is 2.19. The van der Waals surface area contributed by atoms with Crippen molar-refractivity contribution in [1.29, 1.82) is 0 Å². The molecule has 0 aliphatic heterocycles. The molecule has 1 aromatic rings. The summed E-state index contributed by atoms with van der Waals surface area (Å²) in [5, 5.41) is 9.51. The van der Waals surface area contributed by atoms with Gasteiger partial charge in [-0.1, -0.05) is 62.4 Å². The van der Waals surface area contributed by atoms with Crippen LogP contribution in [0.4, 0.5) is 0 Å². The molecule has 16 heavy (non-hydrogen) atoms. The van der Waals surface area contributed by atoms with E-state index in [9.17, 15) is 5.11 Å². The second-order valence-corrected chi connectivity index (χ2v) is 5.03. The highest BCUT2D eigenvalue weighted by atomic mass is 16.3. The molecule has 88 valence electrons. The molecule has 1 atom stereocenters. The highest BCUT2D eigenvalue weighted by Crippen LogP contribution is 2.32. The molecule has 1 aliphatic carbocycles. The molecule has 0 bridgehead atoms. The Balaban J connectivity index is 1.94. The molecule has 1 aliphatic rings. The molecule has 0 heterocycles. The zero-order chi connectivity index (χ0) is 11.2. The van der Waals surface area contributed by atoms with Crippen molar-refractivity contribution in [3.8, 4) is 0 Å². The van der Waals surface area contributed by atoms with Gasteiger partial charge in [-0.3, -0.25) is 0 Å². The minimum atomic E-state index is 0.292. The lowest BCUT2D eigenvalue weighted by atomic mass is 9.81. The first-order chi connectivity index (χ1) is 7.90. The van der Waals surface area contributed by atoms with E-state index >= 15 is 0 Å². The van der Waals surface area contributed by atoms with Gasteiger partial charge in [0.2, 0.25) is 0 Å². The molecule has 2 rings (SSSR count). The van der Waals surface area contributed by atoms with Crippen molar-refractivity contribution in [3.05, 3.63) is 35.9 Å². The Kier molecular flexibility index (Phi) is 4.41. The summed E-state index contributed by atoms with van der Waals surface area (Å²) in [7, 11) is 0. The molecule has 0 amide bonds. The van der Waals surface area contributed by atoms with Gasteiger partial charge in [-0.05, 0) is 17.9 Å². The third-order valence-electron chi connectivity index (χ3n) is 3.83. The SMILES string of the molecule is OCC(CC1CCCCC1)c1ccccc1. The van der Waals surface area contributed by atoms with E-state index in [0.717, 1.165) is 5.92 Å². The third kappa shape index (κ3) is 3.08. The Bertz CT molecular complexity index is 288. The highest BCUT2D eigenvalue weighted by molar-refractivity contribution is 5.19. The maximum absolute atomic E-state index is 9.51. The van der Waals surface area contributed by atoms with Crippen LogP contribution in [0.1, 0.15) is 50.0 Å². The van der Waals surface area contributed by atoms with Gasteiger partial charge >= 0.3 is 0 Å². The first kappa shape index (κ1) is 11.7. The smallest absolute Gasteiger partial charge is 0.0499 e. The maximum atomic E-state index is 9.51. The zero-order valence-corrected chi connectivity index (χ0v) is 9.94. The lowest BCUT2D eigenvalue weighted by Gasteiger charge is -2.25. The Labute approximate surface area is 98.5 Å². The molecule has 1 heteroatoms. The van der Waals surface area contributed by atoms with Gasteiger partial charge in [-0.15, -0.1) is 0 Å². The van der Waals surface area contributed by atoms with Gasteiger partial charge in [0, 0.05) is 12.5 Å². The number of benzene rings is 1. The molecule has 1 nitrogen and oxygen atoms in total. The Hall–Kier alpha value is -0.820. The summed E-state index contributed by atoms with van der Waals surface area (Å²) in [5.74, 6) is 1.19. The van der Waals surface area contributed by atoms with Crippen LogP contribution in [0.15, 0.2) is 30.3 Å². The Morgan fingerprint density at radius 3 is 2.38 bits per heavy atom. The van der Waals surface area contributed by atoms with Crippen LogP contribution in [0, 0.1) is 5.92 Å². The fourth-order valence-corrected chi connectivity index (χ4v) is 2.87. The lowest BCUT2D eigenvalue weighted by Crippen LogP contribution is -2.13. The van der Waals surface area contributed by atoms with Gasteiger partial charge in [-0.2, -0.15) is 0 Å². The van der Waals surface area contributed by atoms with Gasteiger partial charge < -0.3 is 5.11 Å². The summed E-state index contributed by atoms with van der Waals surface area (Å²) in [6.07, 6.45) is 8.08. The summed E-state index contributed by atoms with van der Waals surface area (Å²) in [6.45, 7) is 0.292. The average Bonchev–Trinajstić information content (AvgIpc) is 2.38. The molecular weight excluding hydrogens is 196 g/mol. The number of hydrogen-bond donors (Lipinski definition) is 1. The zero-order valence-electron chi connectivity index (χ0n) is 9.94. The Morgan fingerprint density at radius 2 is 1.75 bits per heavy atom. The summed E-state index contributed by atoms with van der Waals surface area (Å²) in [6, 6.07) is 10.5. The first-order valence-electron chi connectivity index (χ1n) is 6.56. The van der Waals surface area contributed by atoms with Crippen molar-refractivity contribution >= 4 is 0 Å². The molecule has 1 fully saturated rings. The summed E-state index contributed by atoms with van der Waals surface area (Å²) < 4.78 is 0. The molecule has 0 saturated heterocycles. The normalized spacial score (nSPS) is 19.6. The number of rotatable bonds is 4. The molecule has 0 aromatic heterocycles. The van der Waals surface area contributed by atoms with E-state index in [1.807, 2.05) is 6.07 Å². The molecule has 0 radical (unpaired) electrons. The maximum Gasteiger partial charge on any atom is 0.0499 e. The number of hydrogen-bond acceptors (Lipinski definition) is 1. The van der Waals surface area contributed by atoms with Gasteiger partial charge in [0.15, 0.2) is 0 Å². The Morgan fingerprint density at radius 1 is 1.06 bits per heavy atom. The second-order valence-electron chi connectivity index (χ2n) is 5.03. The first-order valence-corrected chi connectivity index (χ1v) is 6.56. The fourth-order valence-electron chi connectivity index (χ4n) is 2.87. The number of aliphatic hydroxyl groups excluding tert-OH is 1. The molecule has 1 saturated carbocycles. The van der Waals surface area contributed by atoms with Crippen LogP contribution in [-0.4, -0.2) is 11.7 Å². The summed E-state index contributed by atoms with van der Waals surface area (Å²) in [4.78, 5) is 0. The van der Waals surface area contributed by atoms with E-state index in [1.165, 1.54) is 44.1 Å². The quantitative estimate of drug-likeness (QED) is 0.816. The largest absolute Gasteiger partial charge is 0.396 e.